The number of carbonyl (C=O) groups is 1. The number of ether oxygens (including phenoxy) is 1. The van der Waals surface area contributed by atoms with Gasteiger partial charge in [0.2, 0.25) is 5.91 Å². The molecule has 2 atom stereocenters. The molecule has 5 heteroatoms. The van der Waals surface area contributed by atoms with Gasteiger partial charge in [-0.15, -0.1) is 0 Å². The van der Waals surface area contributed by atoms with Gasteiger partial charge in [-0.05, 0) is 31.0 Å². The number of likely N-dealkylation sites (N-methyl/N-ethyl adjacent to an activating group) is 1. The fourth-order valence-corrected chi connectivity index (χ4v) is 2.39. The first-order valence-electron chi connectivity index (χ1n) is 7.10. The zero-order valence-electron chi connectivity index (χ0n) is 12.1. The summed E-state index contributed by atoms with van der Waals surface area (Å²) in [5.74, 6) is 0.967. The average Bonchev–Trinajstić information content (AvgIpc) is 2.95. The van der Waals surface area contributed by atoms with E-state index in [2.05, 4.69) is 28.1 Å². The number of amides is 1. The maximum atomic E-state index is 11.7. The van der Waals surface area contributed by atoms with Gasteiger partial charge in [0, 0.05) is 25.7 Å². The highest BCUT2D eigenvalue weighted by Gasteiger charge is 2.28. The monoisotopic (exact) mass is 277 g/mol. The molecule has 1 aliphatic heterocycles. The molecule has 1 aromatic rings. The Morgan fingerprint density at radius 3 is 2.80 bits per heavy atom. The van der Waals surface area contributed by atoms with Crippen molar-refractivity contribution in [3.63, 3.8) is 0 Å². The maximum absolute atomic E-state index is 11.7. The van der Waals surface area contributed by atoms with E-state index in [0.717, 1.165) is 25.3 Å². The molecule has 1 aromatic carbocycles. The fraction of sp³-hybridized carbons (Fsp3) is 0.533. The molecule has 0 aliphatic carbocycles. The molecule has 0 radical (unpaired) electrons. The molecule has 110 valence electrons. The van der Waals surface area contributed by atoms with Crippen LogP contribution in [-0.4, -0.2) is 38.2 Å². The van der Waals surface area contributed by atoms with Crippen molar-refractivity contribution >= 4 is 5.91 Å². The van der Waals surface area contributed by atoms with E-state index in [0.29, 0.717) is 12.6 Å². The van der Waals surface area contributed by atoms with Gasteiger partial charge >= 0.3 is 0 Å². The number of hydrogen-bond acceptors (Lipinski definition) is 4. The van der Waals surface area contributed by atoms with Crippen LogP contribution in [0, 0.1) is 0 Å². The maximum Gasteiger partial charge on any atom is 0.237 e. The van der Waals surface area contributed by atoms with Crippen LogP contribution in [0.25, 0.3) is 0 Å². The Bertz CT molecular complexity index is 433. The molecule has 1 aliphatic rings. The molecule has 20 heavy (non-hydrogen) atoms. The summed E-state index contributed by atoms with van der Waals surface area (Å²) < 4.78 is 5.14. The van der Waals surface area contributed by atoms with Crippen LogP contribution in [0.15, 0.2) is 24.3 Å². The van der Waals surface area contributed by atoms with Gasteiger partial charge in [0.1, 0.15) is 5.75 Å². The van der Waals surface area contributed by atoms with E-state index in [1.54, 1.807) is 7.11 Å². The first-order chi connectivity index (χ1) is 9.72. The lowest BCUT2D eigenvalue weighted by molar-refractivity contribution is -0.122. The van der Waals surface area contributed by atoms with Crippen molar-refractivity contribution in [3.05, 3.63) is 29.8 Å². The lowest BCUT2D eigenvalue weighted by Crippen LogP contribution is -2.40. The molecule has 1 heterocycles. The van der Waals surface area contributed by atoms with Crippen LogP contribution >= 0.6 is 0 Å². The van der Waals surface area contributed by atoms with Crippen molar-refractivity contribution in [1.29, 1.82) is 0 Å². The average molecular weight is 277 g/mol. The Morgan fingerprint density at radius 1 is 1.40 bits per heavy atom. The summed E-state index contributed by atoms with van der Waals surface area (Å²) in [4.78, 5) is 11.7. The number of benzene rings is 1. The van der Waals surface area contributed by atoms with E-state index in [9.17, 15) is 4.79 Å². The van der Waals surface area contributed by atoms with Gasteiger partial charge in [-0.1, -0.05) is 12.1 Å². The number of rotatable bonds is 6. The summed E-state index contributed by atoms with van der Waals surface area (Å²) in [5.41, 5.74) is 1.22. The van der Waals surface area contributed by atoms with E-state index < -0.39 is 0 Å². The first-order valence-corrected chi connectivity index (χ1v) is 7.10. The summed E-state index contributed by atoms with van der Waals surface area (Å²) >= 11 is 0. The van der Waals surface area contributed by atoms with Gasteiger partial charge in [-0.3, -0.25) is 4.79 Å². The normalized spacial score (nSPS) is 21.7. The molecule has 2 unspecified atom stereocenters. The third-order valence-corrected chi connectivity index (χ3v) is 3.55. The number of methoxy groups -OCH3 is 1. The van der Waals surface area contributed by atoms with Crippen LogP contribution in [0.4, 0.5) is 0 Å². The summed E-state index contributed by atoms with van der Waals surface area (Å²) in [6.07, 6.45) is 0.835. The van der Waals surface area contributed by atoms with Crippen LogP contribution in [0.5, 0.6) is 5.75 Å². The second kappa shape index (κ2) is 7.26. The van der Waals surface area contributed by atoms with Gasteiger partial charge in [0.15, 0.2) is 0 Å². The zero-order chi connectivity index (χ0) is 14.4. The summed E-state index contributed by atoms with van der Waals surface area (Å²) in [7, 11) is 1.67. The smallest absolute Gasteiger partial charge is 0.237 e. The molecule has 1 saturated heterocycles. The molecule has 0 saturated carbocycles. The molecule has 0 bridgehead atoms. The van der Waals surface area contributed by atoms with E-state index in [-0.39, 0.29) is 11.9 Å². The molecule has 1 fully saturated rings. The minimum atomic E-state index is -0.0664. The highest BCUT2D eigenvalue weighted by atomic mass is 16.5. The van der Waals surface area contributed by atoms with Gasteiger partial charge in [0.25, 0.3) is 0 Å². The first kappa shape index (κ1) is 14.8. The van der Waals surface area contributed by atoms with E-state index in [1.807, 2.05) is 19.1 Å². The van der Waals surface area contributed by atoms with Crippen molar-refractivity contribution in [1.82, 2.24) is 16.0 Å². The Balaban J connectivity index is 1.76. The molecule has 5 nitrogen and oxygen atoms in total. The molecule has 0 spiro atoms. The van der Waals surface area contributed by atoms with Crippen LogP contribution in [-0.2, 0) is 11.3 Å². The molecule has 3 N–H and O–H groups in total. The van der Waals surface area contributed by atoms with Gasteiger partial charge in [-0.25, -0.2) is 0 Å². The predicted octanol–water partition coefficient (Wildman–Crippen LogP) is 0.651. The molecular weight excluding hydrogens is 254 g/mol. The SMILES string of the molecule is CCNC(=O)C1CC(NCc2ccc(OC)cc2)CN1. The summed E-state index contributed by atoms with van der Waals surface area (Å²) in [6.45, 7) is 4.25. The van der Waals surface area contributed by atoms with Crippen molar-refractivity contribution in [3.8, 4) is 5.75 Å². The highest BCUT2D eigenvalue weighted by Crippen LogP contribution is 2.12. The standard InChI is InChI=1S/C15H23N3O2/c1-3-16-15(19)14-8-12(10-18-14)17-9-11-4-6-13(20-2)7-5-11/h4-7,12,14,17-18H,3,8-10H2,1-2H3,(H,16,19). The predicted molar refractivity (Wildman–Crippen MR) is 78.7 cm³/mol. The van der Waals surface area contributed by atoms with Crippen LogP contribution in [0.2, 0.25) is 0 Å². The Kier molecular flexibility index (Phi) is 5.38. The van der Waals surface area contributed by atoms with Gasteiger partial charge in [0.05, 0.1) is 13.2 Å². The number of nitrogens with one attached hydrogen (secondary N) is 3. The summed E-state index contributed by atoms with van der Waals surface area (Å²) in [5, 5.41) is 9.58. The van der Waals surface area contributed by atoms with E-state index in [1.165, 1.54) is 5.56 Å². The lowest BCUT2D eigenvalue weighted by Gasteiger charge is -2.12. The Hall–Kier alpha value is -1.59. The fourth-order valence-electron chi connectivity index (χ4n) is 2.39. The second-order valence-electron chi connectivity index (χ2n) is 5.02. The number of hydrogen-bond donors (Lipinski definition) is 3. The molecule has 1 amide bonds. The second-order valence-corrected chi connectivity index (χ2v) is 5.02. The molecule has 2 rings (SSSR count). The highest BCUT2D eigenvalue weighted by molar-refractivity contribution is 5.82. The Labute approximate surface area is 120 Å². The largest absolute Gasteiger partial charge is 0.497 e. The minimum Gasteiger partial charge on any atom is -0.497 e. The third-order valence-electron chi connectivity index (χ3n) is 3.55. The minimum absolute atomic E-state index is 0.0664. The van der Waals surface area contributed by atoms with Crippen LogP contribution in [0.1, 0.15) is 18.9 Å². The molecule has 0 aromatic heterocycles. The van der Waals surface area contributed by atoms with Crippen molar-refractivity contribution in [2.75, 3.05) is 20.2 Å². The topological polar surface area (TPSA) is 62.4 Å². The molecular formula is C15H23N3O2. The van der Waals surface area contributed by atoms with Gasteiger partial charge < -0.3 is 20.7 Å². The van der Waals surface area contributed by atoms with E-state index in [4.69, 9.17) is 4.74 Å². The van der Waals surface area contributed by atoms with Gasteiger partial charge in [-0.2, -0.15) is 0 Å². The zero-order valence-corrected chi connectivity index (χ0v) is 12.1. The summed E-state index contributed by atoms with van der Waals surface area (Å²) in [6, 6.07) is 8.29. The van der Waals surface area contributed by atoms with Crippen molar-refractivity contribution < 1.29 is 9.53 Å². The van der Waals surface area contributed by atoms with Crippen molar-refractivity contribution in [2.24, 2.45) is 0 Å². The quantitative estimate of drug-likeness (QED) is 0.714. The van der Waals surface area contributed by atoms with Crippen LogP contribution in [0.3, 0.4) is 0 Å². The van der Waals surface area contributed by atoms with Crippen LogP contribution < -0.4 is 20.7 Å². The Morgan fingerprint density at radius 2 is 2.15 bits per heavy atom. The van der Waals surface area contributed by atoms with E-state index >= 15 is 0 Å². The third kappa shape index (κ3) is 3.95. The number of carbonyl (C=O) groups excluding carboxylic acids is 1. The lowest BCUT2D eigenvalue weighted by atomic mass is 10.1. The van der Waals surface area contributed by atoms with Crippen molar-refractivity contribution in [2.45, 2.75) is 32.0 Å².